The highest BCUT2D eigenvalue weighted by molar-refractivity contribution is 6.32. The standard InChI is InChI=1S/C20H20ClN3O2/c1-13(23-17-5-2-15(11-22)19(21)10-17)14-3-8-18(9-4-14)26-12-20(25)24-16-6-7-16/h2-5,8-10,13,16,23H,6-7,12H2,1H3,(H,24,25). The van der Waals surface area contributed by atoms with E-state index in [-0.39, 0.29) is 18.6 Å². The van der Waals surface area contributed by atoms with E-state index in [0.29, 0.717) is 22.4 Å². The van der Waals surface area contributed by atoms with E-state index >= 15 is 0 Å². The molecule has 3 rings (SSSR count). The largest absolute Gasteiger partial charge is 0.484 e. The highest BCUT2D eigenvalue weighted by Gasteiger charge is 2.23. The second-order valence-electron chi connectivity index (χ2n) is 6.37. The van der Waals surface area contributed by atoms with E-state index in [1.165, 1.54) is 0 Å². The zero-order valence-electron chi connectivity index (χ0n) is 14.5. The van der Waals surface area contributed by atoms with Crippen LogP contribution in [0.5, 0.6) is 5.75 Å². The molecule has 1 unspecified atom stereocenters. The third-order valence-corrected chi connectivity index (χ3v) is 4.48. The molecule has 0 radical (unpaired) electrons. The molecule has 26 heavy (non-hydrogen) atoms. The van der Waals surface area contributed by atoms with Gasteiger partial charge in [0.25, 0.3) is 5.91 Å². The van der Waals surface area contributed by atoms with Crippen molar-refractivity contribution in [3.63, 3.8) is 0 Å². The van der Waals surface area contributed by atoms with Crippen molar-refractivity contribution in [3.05, 3.63) is 58.6 Å². The number of benzene rings is 2. The van der Waals surface area contributed by atoms with E-state index in [9.17, 15) is 4.79 Å². The smallest absolute Gasteiger partial charge is 0.258 e. The maximum Gasteiger partial charge on any atom is 0.258 e. The average molecular weight is 370 g/mol. The van der Waals surface area contributed by atoms with Gasteiger partial charge in [0.1, 0.15) is 11.8 Å². The minimum Gasteiger partial charge on any atom is -0.484 e. The summed E-state index contributed by atoms with van der Waals surface area (Å²) in [6.45, 7) is 2.07. The van der Waals surface area contributed by atoms with Crippen molar-refractivity contribution in [2.24, 2.45) is 0 Å². The molecule has 0 spiro atoms. The molecule has 0 bridgehead atoms. The molecule has 134 valence electrons. The van der Waals surface area contributed by atoms with E-state index in [4.69, 9.17) is 21.6 Å². The van der Waals surface area contributed by atoms with Crippen molar-refractivity contribution >= 4 is 23.2 Å². The Morgan fingerprint density at radius 3 is 2.65 bits per heavy atom. The van der Waals surface area contributed by atoms with Gasteiger partial charge in [-0.2, -0.15) is 5.26 Å². The number of anilines is 1. The Kier molecular flexibility index (Phi) is 5.65. The maximum absolute atomic E-state index is 11.6. The van der Waals surface area contributed by atoms with Crippen LogP contribution in [-0.2, 0) is 4.79 Å². The van der Waals surface area contributed by atoms with Gasteiger partial charge in [-0.25, -0.2) is 0 Å². The summed E-state index contributed by atoms with van der Waals surface area (Å²) in [6.07, 6.45) is 2.13. The van der Waals surface area contributed by atoms with E-state index < -0.39 is 0 Å². The Morgan fingerprint density at radius 1 is 1.31 bits per heavy atom. The zero-order chi connectivity index (χ0) is 18.5. The second-order valence-corrected chi connectivity index (χ2v) is 6.78. The average Bonchev–Trinajstić information content (AvgIpc) is 3.44. The van der Waals surface area contributed by atoms with E-state index in [2.05, 4.69) is 10.6 Å². The lowest BCUT2D eigenvalue weighted by molar-refractivity contribution is -0.123. The Balaban J connectivity index is 1.54. The van der Waals surface area contributed by atoms with Crippen molar-refractivity contribution in [3.8, 4) is 11.8 Å². The fourth-order valence-corrected chi connectivity index (χ4v) is 2.75. The van der Waals surface area contributed by atoms with Crippen molar-refractivity contribution in [2.75, 3.05) is 11.9 Å². The van der Waals surface area contributed by atoms with Crippen LogP contribution in [0.3, 0.4) is 0 Å². The molecule has 1 aliphatic carbocycles. The normalized spacial score (nSPS) is 14.2. The first-order valence-corrected chi connectivity index (χ1v) is 8.91. The van der Waals surface area contributed by atoms with Crippen LogP contribution < -0.4 is 15.4 Å². The molecule has 5 nitrogen and oxygen atoms in total. The molecule has 1 amide bonds. The first-order valence-electron chi connectivity index (χ1n) is 8.53. The minimum atomic E-state index is -0.0793. The summed E-state index contributed by atoms with van der Waals surface area (Å²) in [4.78, 5) is 11.6. The molecule has 0 saturated heterocycles. The molecule has 1 saturated carbocycles. The van der Waals surface area contributed by atoms with Gasteiger partial charge in [0.2, 0.25) is 0 Å². The Morgan fingerprint density at radius 2 is 2.04 bits per heavy atom. The Hall–Kier alpha value is -2.71. The lowest BCUT2D eigenvalue weighted by atomic mass is 10.1. The highest BCUT2D eigenvalue weighted by Crippen LogP contribution is 2.25. The van der Waals surface area contributed by atoms with Crippen LogP contribution in [-0.4, -0.2) is 18.6 Å². The number of hydrogen-bond donors (Lipinski definition) is 2. The van der Waals surface area contributed by atoms with Crippen molar-refractivity contribution in [2.45, 2.75) is 31.8 Å². The van der Waals surface area contributed by atoms with Gasteiger partial charge in [0.05, 0.1) is 10.6 Å². The monoisotopic (exact) mass is 369 g/mol. The van der Waals surface area contributed by atoms with Crippen LogP contribution in [0.25, 0.3) is 0 Å². The first kappa shape index (κ1) is 18.1. The second kappa shape index (κ2) is 8.11. The summed E-state index contributed by atoms with van der Waals surface area (Å²) in [7, 11) is 0. The Bertz CT molecular complexity index is 826. The summed E-state index contributed by atoms with van der Waals surface area (Å²) < 4.78 is 5.51. The SMILES string of the molecule is CC(Nc1ccc(C#N)c(Cl)c1)c1ccc(OCC(=O)NC2CC2)cc1. The van der Waals surface area contributed by atoms with Crippen LogP contribution in [0.1, 0.15) is 36.9 Å². The number of nitriles is 1. The van der Waals surface area contributed by atoms with E-state index in [0.717, 1.165) is 24.1 Å². The fraction of sp³-hybridized carbons (Fsp3) is 0.300. The predicted octanol–water partition coefficient (Wildman–Crippen LogP) is 4.04. The molecule has 6 heteroatoms. The first-order chi connectivity index (χ1) is 12.5. The number of halogens is 1. The molecule has 1 atom stereocenters. The highest BCUT2D eigenvalue weighted by atomic mass is 35.5. The van der Waals surface area contributed by atoms with Crippen LogP contribution in [0.2, 0.25) is 5.02 Å². The van der Waals surface area contributed by atoms with Crippen LogP contribution in [0.15, 0.2) is 42.5 Å². The number of rotatable bonds is 7. The van der Waals surface area contributed by atoms with Gasteiger partial charge >= 0.3 is 0 Å². The van der Waals surface area contributed by atoms with Crippen molar-refractivity contribution in [1.82, 2.24) is 5.32 Å². The topological polar surface area (TPSA) is 74.1 Å². The van der Waals surface area contributed by atoms with E-state index in [1.54, 1.807) is 12.1 Å². The van der Waals surface area contributed by atoms with Gasteiger partial charge in [-0.3, -0.25) is 4.79 Å². The van der Waals surface area contributed by atoms with Crippen LogP contribution in [0, 0.1) is 11.3 Å². The molecule has 2 aromatic rings. The molecule has 2 aromatic carbocycles. The quantitative estimate of drug-likeness (QED) is 0.772. The van der Waals surface area contributed by atoms with Gasteiger partial charge < -0.3 is 15.4 Å². The number of nitrogens with one attached hydrogen (secondary N) is 2. The lowest BCUT2D eigenvalue weighted by Gasteiger charge is -2.16. The van der Waals surface area contributed by atoms with Crippen LogP contribution >= 0.6 is 11.6 Å². The molecule has 0 aromatic heterocycles. The molecule has 2 N–H and O–H groups in total. The maximum atomic E-state index is 11.6. The third kappa shape index (κ3) is 4.90. The fourth-order valence-electron chi connectivity index (χ4n) is 2.53. The molecule has 1 aliphatic rings. The van der Waals surface area contributed by atoms with Crippen molar-refractivity contribution < 1.29 is 9.53 Å². The van der Waals surface area contributed by atoms with Crippen molar-refractivity contribution in [1.29, 1.82) is 5.26 Å². The van der Waals surface area contributed by atoms with Gasteiger partial charge in [0.15, 0.2) is 6.61 Å². The van der Waals surface area contributed by atoms with E-state index in [1.807, 2.05) is 43.3 Å². The number of carbonyl (C=O) groups is 1. The number of ether oxygens (including phenoxy) is 1. The predicted molar refractivity (Wildman–Crippen MR) is 101 cm³/mol. The summed E-state index contributed by atoms with van der Waals surface area (Å²) in [6, 6.07) is 15.3. The summed E-state index contributed by atoms with van der Waals surface area (Å²) in [5.74, 6) is 0.581. The lowest BCUT2D eigenvalue weighted by Crippen LogP contribution is -2.30. The molecule has 0 heterocycles. The Labute approximate surface area is 157 Å². The van der Waals surface area contributed by atoms with Gasteiger partial charge in [0, 0.05) is 17.8 Å². The zero-order valence-corrected chi connectivity index (χ0v) is 15.2. The van der Waals surface area contributed by atoms with Gasteiger partial charge in [-0.05, 0) is 55.7 Å². The van der Waals surface area contributed by atoms with Gasteiger partial charge in [-0.15, -0.1) is 0 Å². The molecule has 0 aliphatic heterocycles. The van der Waals surface area contributed by atoms with Crippen LogP contribution in [0.4, 0.5) is 5.69 Å². The summed E-state index contributed by atoms with van der Waals surface area (Å²) in [5, 5.41) is 15.6. The molecular formula is C20H20ClN3O2. The number of amides is 1. The molecular weight excluding hydrogens is 350 g/mol. The number of nitrogens with zero attached hydrogens (tertiary/aromatic N) is 1. The summed E-state index contributed by atoms with van der Waals surface area (Å²) >= 11 is 6.06. The number of carbonyl (C=O) groups excluding carboxylic acids is 1. The third-order valence-electron chi connectivity index (χ3n) is 4.17. The minimum absolute atomic E-state index is 0.0351. The van der Waals surface area contributed by atoms with Gasteiger partial charge in [-0.1, -0.05) is 23.7 Å². The summed E-state index contributed by atoms with van der Waals surface area (Å²) in [5.41, 5.74) is 2.37. The molecule has 1 fully saturated rings. The number of hydrogen-bond acceptors (Lipinski definition) is 4.